The molecule has 1 aromatic rings. The van der Waals surface area contributed by atoms with Crippen molar-refractivity contribution < 1.29 is 29.4 Å². The number of amides is 2. The lowest BCUT2D eigenvalue weighted by atomic mass is 9.73. The van der Waals surface area contributed by atoms with Crippen molar-refractivity contribution in [3.05, 3.63) is 16.9 Å². The Balaban J connectivity index is 1.07. The third-order valence-electron chi connectivity index (χ3n) is 10.6. The van der Waals surface area contributed by atoms with E-state index in [0.29, 0.717) is 37.4 Å². The fourth-order valence-corrected chi connectivity index (χ4v) is 10.1. The summed E-state index contributed by atoms with van der Waals surface area (Å²) in [6, 6.07) is -0.743. The number of nitrogens with one attached hydrogen (secondary N) is 2. The van der Waals surface area contributed by atoms with Gasteiger partial charge in [0.05, 0.1) is 30.4 Å². The third-order valence-corrected chi connectivity index (χ3v) is 12.1. The maximum Gasteiger partial charge on any atom is 0.353 e. The average Bonchev–Trinajstić information content (AvgIpc) is 3.78. The average molecular weight is 644 g/mol. The number of aromatic nitrogens is 4. The summed E-state index contributed by atoms with van der Waals surface area (Å²) in [6.07, 6.45) is 4.15. The van der Waals surface area contributed by atoms with Gasteiger partial charge < -0.3 is 31.1 Å². The Morgan fingerprint density at radius 2 is 2.09 bits per heavy atom. The number of amidine groups is 1. The van der Waals surface area contributed by atoms with E-state index in [-0.39, 0.29) is 89.1 Å². The molecule has 3 saturated heterocycles. The lowest BCUT2D eigenvalue weighted by Crippen LogP contribution is -2.62. The molecular formula is C29H41N9O6S. The largest absolute Gasteiger partial charge is 0.477 e. The summed E-state index contributed by atoms with van der Waals surface area (Å²) < 4.78 is 1.33. The number of likely N-dealkylation sites (tertiary alicyclic amines) is 1. The predicted molar refractivity (Wildman–Crippen MR) is 161 cm³/mol. The van der Waals surface area contributed by atoms with Crippen LogP contribution in [0.1, 0.15) is 46.0 Å². The highest BCUT2D eigenvalue weighted by Gasteiger charge is 2.60. The Morgan fingerprint density at radius 3 is 2.73 bits per heavy atom. The molecule has 4 aliphatic heterocycles. The van der Waals surface area contributed by atoms with Crippen molar-refractivity contribution in [1.29, 1.82) is 5.41 Å². The number of fused-ring (bicyclic) bond motifs is 2. The van der Waals surface area contributed by atoms with Gasteiger partial charge in [0.15, 0.2) is 5.78 Å². The standard InChI is InChI=1S/C29H41N9O6S/c1-14(3-18(40)10-37-13-33-34-35-37)22-23-15(2)25(24(28(43)44)38(23)27(22)42)45-19-6-20(32-8-19)26(41)36-9-17-4-16(5-21(30)31)7-29(17,11-36)12-39/h13-17,19-20,22-23,32,39H,3-12H2,1-2H3,(H3,30,31)(H,43,44)/t14?,15-,16?,17?,19?,20?,22-,23-,29?/m1/s1. The van der Waals surface area contributed by atoms with Crippen LogP contribution in [0.4, 0.5) is 0 Å². The van der Waals surface area contributed by atoms with Crippen LogP contribution in [0.2, 0.25) is 0 Å². The fraction of sp³-hybridized carbons (Fsp3) is 0.724. The lowest BCUT2D eigenvalue weighted by molar-refractivity contribution is -0.160. The van der Waals surface area contributed by atoms with Crippen molar-refractivity contribution >= 4 is 41.2 Å². The van der Waals surface area contributed by atoms with Crippen LogP contribution in [0.25, 0.3) is 0 Å². The van der Waals surface area contributed by atoms with Crippen LogP contribution >= 0.6 is 11.8 Å². The number of β-lactam (4-membered cyclic amide) rings is 1. The number of rotatable bonds is 12. The number of tetrazole rings is 1. The smallest absolute Gasteiger partial charge is 0.353 e. The molecular weight excluding hydrogens is 602 g/mol. The number of hydrogen-bond acceptors (Lipinski definition) is 11. The molecule has 6 unspecified atom stereocenters. The molecule has 15 nitrogen and oxygen atoms in total. The summed E-state index contributed by atoms with van der Waals surface area (Å²) in [7, 11) is 0. The minimum absolute atomic E-state index is 0.000109. The van der Waals surface area contributed by atoms with Crippen LogP contribution in [0.3, 0.4) is 0 Å². The number of hydrogen-bond donors (Lipinski definition) is 5. The van der Waals surface area contributed by atoms with Crippen LogP contribution < -0.4 is 11.1 Å². The summed E-state index contributed by atoms with van der Waals surface area (Å²) in [4.78, 5) is 55.8. The predicted octanol–water partition coefficient (Wildman–Crippen LogP) is -0.322. The van der Waals surface area contributed by atoms with Gasteiger partial charge in [0, 0.05) is 54.0 Å². The highest BCUT2D eigenvalue weighted by Crippen LogP contribution is 2.54. The summed E-state index contributed by atoms with van der Waals surface area (Å²) in [5.74, 6) is -1.92. The zero-order chi connectivity index (χ0) is 32.2. The van der Waals surface area contributed by atoms with E-state index in [2.05, 4.69) is 20.8 Å². The Bertz CT molecular complexity index is 1420. The molecule has 2 amide bonds. The Labute approximate surface area is 264 Å². The molecule has 6 N–H and O–H groups in total. The van der Waals surface area contributed by atoms with E-state index in [1.54, 1.807) is 0 Å². The third kappa shape index (κ3) is 5.65. The number of thioether (sulfide) groups is 1. The van der Waals surface area contributed by atoms with E-state index in [1.165, 1.54) is 27.7 Å². The fourth-order valence-electron chi connectivity index (χ4n) is 8.66. The second-order valence-corrected chi connectivity index (χ2v) is 15.0. The minimum atomic E-state index is -1.15. The van der Waals surface area contributed by atoms with E-state index in [9.17, 15) is 29.4 Å². The van der Waals surface area contributed by atoms with Crippen molar-refractivity contribution in [2.24, 2.45) is 40.7 Å². The molecule has 1 aliphatic carbocycles. The topological polar surface area (TPSA) is 221 Å². The number of carboxylic acids is 1. The van der Waals surface area contributed by atoms with Gasteiger partial charge in [0.2, 0.25) is 11.8 Å². The number of Topliss-reactive ketones (excluding diaryl/α,β-unsaturated/α-hetero) is 1. The number of carbonyl (C=O) groups is 4. The molecule has 5 heterocycles. The van der Waals surface area contributed by atoms with Gasteiger partial charge in [-0.05, 0) is 47.4 Å². The summed E-state index contributed by atoms with van der Waals surface area (Å²) in [5.41, 5.74) is 5.29. The first kappa shape index (κ1) is 31.6. The maximum absolute atomic E-state index is 13.6. The molecule has 5 aliphatic rings. The Kier molecular flexibility index (Phi) is 8.50. The van der Waals surface area contributed by atoms with Gasteiger partial charge in [0.1, 0.15) is 18.6 Å². The molecule has 1 aromatic heterocycles. The van der Waals surface area contributed by atoms with Crippen LogP contribution in [0, 0.1) is 40.4 Å². The van der Waals surface area contributed by atoms with E-state index < -0.39 is 17.9 Å². The summed E-state index contributed by atoms with van der Waals surface area (Å²) >= 11 is 1.44. The molecule has 9 atom stereocenters. The first-order valence-corrected chi connectivity index (χ1v) is 16.5. The van der Waals surface area contributed by atoms with Crippen LogP contribution in [-0.2, 0) is 25.7 Å². The lowest BCUT2D eigenvalue weighted by Gasteiger charge is -2.47. The SMILES string of the molecule is CC(CC(=O)Cn1cnnn1)[C@H]1C(=O)N2C(C(=O)O)=C(SC3CNC(C(=O)N4CC5CC(CC(=N)N)CC5(CO)C4)C3)[C@H](C)[C@H]12. The van der Waals surface area contributed by atoms with Crippen LogP contribution in [0.15, 0.2) is 16.9 Å². The molecule has 1 saturated carbocycles. The Morgan fingerprint density at radius 1 is 1.31 bits per heavy atom. The number of aliphatic carboxylic acids is 1. The minimum Gasteiger partial charge on any atom is -0.477 e. The number of nitrogens with zero attached hydrogens (tertiary/aromatic N) is 6. The summed E-state index contributed by atoms with van der Waals surface area (Å²) in [6.45, 7) is 5.38. The zero-order valence-electron chi connectivity index (χ0n) is 25.5. The van der Waals surface area contributed by atoms with Gasteiger partial charge in [-0.1, -0.05) is 13.8 Å². The van der Waals surface area contributed by atoms with Crippen molar-refractivity contribution in [3.8, 4) is 0 Å². The first-order chi connectivity index (χ1) is 21.4. The van der Waals surface area contributed by atoms with Gasteiger partial charge >= 0.3 is 5.97 Å². The number of aliphatic hydroxyl groups excluding tert-OH is 1. The molecule has 0 aromatic carbocycles. The van der Waals surface area contributed by atoms with Crippen molar-refractivity contribution in [2.45, 2.75) is 69.8 Å². The maximum atomic E-state index is 13.6. The Hall–Kier alpha value is -3.37. The number of ketones is 1. The van der Waals surface area contributed by atoms with Crippen molar-refractivity contribution in [3.63, 3.8) is 0 Å². The second kappa shape index (κ2) is 12.1. The van der Waals surface area contributed by atoms with E-state index in [4.69, 9.17) is 11.1 Å². The monoisotopic (exact) mass is 643 g/mol. The van der Waals surface area contributed by atoms with Gasteiger partial charge in [-0.3, -0.25) is 19.8 Å². The summed E-state index contributed by atoms with van der Waals surface area (Å²) in [5, 5.41) is 42.2. The molecule has 16 heteroatoms. The van der Waals surface area contributed by atoms with E-state index >= 15 is 0 Å². The number of nitrogens with two attached hydrogens (primary N) is 1. The van der Waals surface area contributed by atoms with Gasteiger partial charge in [0.25, 0.3) is 0 Å². The first-order valence-electron chi connectivity index (χ1n) is 15.6. The van der Waals surface area contributed by atoms with Crippen LogP contribution in [0.5, 0.6) is 0 Å². The van der Waals surface area contributed by atoms with Crippen molar-refractivity contribution in [1.82, 2.24) is 35.3 Å². The highest BCUT2D eigenvalue weighted by atomic mass is 32.2. The van der Waals surface area contributed by atoms with E-state index in [0.717, 1.165) is 12.8 Å². The quantitative estimate of drug-likeness (QED) is 0.112. The molecule has 244 valence electrons. The molecule has 0 spiro atoms. The van der Waals surface area contributed by atoms with Crippen molar-refractivity contribution in [2.75, 3.05) is 26.2 Å². The molecule has 6 rings (SSSR count). The van der Waals surface area contributed by atoms with E-state index in [1.807, 2.05) is 18.7 Å². The second-order valence-electron chi connectivity index (χ2n) is 13.7. The molecule has 4 fully saturated rings. The number of aliphatic hydroxyl groups is 1. The normalized spacial score (nSPS) is 34.6. The highest BCUT2D eigenvalue weighted by molar-refractivity contribution is 8.03. The number of carboxylic acid groups (broad SMARTS) is 1. The van der Waals surface area contributed by atoms with Crippen LogP contribution in [-0.4, -0.2) is 113 Å². The van der Waals surface area contributed by atoms with Gasteiger partial charge in [-0.15, -0.1) is 16.9 Å². The van der Waals surface area contributed by atoms with Gasteiger partial charge in [-0.2, -0.15) is 0 Å². The van der Waals surface area contributed by atoms with Gasteiger partial charge in [-0.25, -0.2) is 9.48 Å². The zero-order valence-corrected chi connectivity index (χ0v) is 26.3. The molecule has 45 heavy (non-hydrogen) atoms. The molecule has 0 bridgehead atoms. The molecule has 0 radical (unpaired) electrons. The number of carbonyl (C=O) groups excluding carboxylic acids is 3.